The topological polar surface area (TPSA) is 44.5 Å². The standard InChI is InChI=1S/C10H13F2NO2/c1-14-6-15-10-8(11)4-7(2-3-13)5-9(10)12/h4-5H,2-3,6,13H2,1H3. The van der Waals surface area contributed by atoms with E-state index in [0.717, 1.165) is 0 Å². The minimum atomic E-state index is -0.740. The van der Waals surface area contributed by atoms with Crippen molar-refractivity contribution in [1.29, 1.82) is 0 Å². The number of nitrogens with two attached hydrogens (primary N) is 1. The number of benzene rings is 1. The summed E-state index contributed by atoms with van der Waals surface area (Å²) in [6.07, 6.45) is 0.429. The van der Waals surface area contributed by atoms with Crippen LogP contribution in [0, 0.1) is 11.6 Å². The smallest absolute Gasteiger partial charge is 0.193 e. The van der Waals surface area contributed by atoms with Crippen molar-refractivity contribution in [2.24, 2.45) is 5.73 Å². The average Bonchev–Trinajstić information content (AvgIpc) is 2.17. The summed E-state index contributed by atoms with van der Waals surface area (Å²) in [7, 11) is 1.37. The third-order valence-corrected chi connectivity index (χ3v) is 1.81. The Morgan fingerprint density at radius 1 is 1.27 bits per heavy atom. The SMILES string of the molecule is COCOc1c(F)cc(CCN)cc1F. The molecule has 1 aromatic carbocycles. The highest BCUT2D eigenvalue weighted by Gasteiger charge is 2.12. The van der Waals surface area contributed by atoms with E-state index >= 15 is 0 Å². The molecule has 0 saturated heterocycles. The lowest BCUT2D eigenvalue weighted by molar-refractivity contribution is 0.0452. The fraction of sp³-hybridized carbons (Fsp3) is 0.400. The number of methoxy groups -OCH3 is 1. The van der Waals surface area contributed by atoms with Gasteiger partial charge in [0.25, 0.3) is 0 Å². The van der Waals surface area contributed by atoms with Crippen LogP contribution in [0.1, 0.15) is 5.56 Å². The van der Waals surface area contributed by atoms with Gasteiger partial charge in [-0.25, -0.2) is 8.78 Å². The van der Waals surface area contributed by atoms with Gasteiger partial charge in [-0.05, 0) is 30.7 Å². The summed E-state index contributed by atoms with van der Waals surface area (Å²) in [4.78, 5) is 0. The molecule has 0 amide bonds. The Morgan fingerprint density at radius 2 is 1.87 bits per heavy atom. The van der Waals surface area contributed by atoms with E-state index in [9.17, 15) is 8.78 Å². The third kappa shape index (κ3) is 3.14. The average molecular weight is 217 g/mol. The molecule has 0 radical (unpaired) electrons. The fourth-order valence-corrected chi connectivity index (χ4v) is 1.18. The van der Waals surface area contributed by atoms with Crippen LogP contribution in [0.25, 0.3) is 0 Å². The van der Waals surface area contributed by atoms with E-state index in [2.05, 4.69) is 4.74 Å². The fourth-order valence-electron chi connectivity index (χ4n) is 1.18. The second kappa shape index (κ2) is 5.63. The summed E-state index contributed by atoms with van der Waals surface area (Å²) in [5, 5.41) is 0. The Kier molecular flexibility index (Phi) is 4.45. The number of halogens is 2. The molecule has 0 aromatic heterocycles. The molecule has 84 valence electrons. The van der Waals surface area contributed by atoms with Crippen molar-refractivity contribution in [2.45, 2.75) is 6.42 Å². The number of hydrogen-bond donors (Lipinski definition) is 1. The molecule has 0 aliphatic heterocycles. The van der Waals surface area contributed by atoms with E-state index in [1.165, 1.54) is 19.2 Å². The van der Waals surface area contributed by atoms with Crippen LogP contribution >= 0.6 is 0 Å². The highest BCUT2D eigenvalue weighted by molar-refractivity contribution is 5.31. The summed E-state index contributed by atoms with van der Waals surface area (Å²) in [5.74, 6) is -1.90. The Labute approximate surface area is 86.8 Å². The molecule has 5 heteroatoms. The van der Waals surface area contributed by atoms with Crippen LogP contribution in [0.4, 0.5) is 8.78 Å². The van der Waals surface area contributed by atoms with Crippen LogP contribution in [0.15, 0.2) is 12.1 Å². The Balaban J connectivity index is 2.88. The van der Waals surface area contributed by atoms with Crippen molar-refractivity contribution in [3.63, 3.8) is 0 Å². The van der Waals surface area contributed by atoms with E-state index in [4.69, 9.17) is 10.5 Å². The van der Waals surface area contributed by atoms with Gasteiger partial charge < -0.3 is 15.2 Å². The first kappa shape index (κ1) is 11.9. The van der Waals surface area contributed by atoms with E-state index in [1.807, 2.05) is 0 Å². The minimum absolute atomic E-state index is 0.190. The van der Waals surface area contributed by atoms with Crippen molar-refractivity contribution in [1.82, 2.24) is 0 Å². The molecule has 0 aliphatic carbocycles. The molecule has 0 saturated carbocycles. The Bertz CT molecular complexity index is 308. The van der Waals surface area contributed by atoms with E-state index in [-0.39, 0.29) is 6.79 Å². The Hall–Kier alpha value is -1.20. The molecule has 0 spiro atoms. The van der Waals surface area contributed by atoms with Gasteiger partial charge in [0, 0.05) is 7.11 Å². The monoisotopic (exact) mass is 217 g/mol. The van der Waals surface area contributed by atoms with E-state index in [0.29, 0.717) is 18.5 Å². The zero-order chi connectivity index (χ0) is 11.3. The lowest BCUT2D eigenvalue weighted by atomic mass is 10.1. The van der Waals surface area contributed by atoms with Crippen molar-refractivity contribution >= 4 is 0 Å². The second-order valence-corrected chi connectivity index (χ2v) is 2.98. The largest absolute Gasteiger partial charge is 0.461 e. The number of ether oxygens (including phenoxy) is 2. The van der Waals surface area contributed by atoms with E-state index in [1.54, 1.807) is 0 Å². The van der Waals surface area contributed by atoms with Gasteiger partial charge in [-0.3, -0.25) is 0 Å². The first-order valence-electron chi connectivity index (χ1n) is 4.48. The first-order valence-corrected chi connectivity index (χ1v) is 4.48. The van der Waals surface area contributed by atoms with Crippen molar-refractivity contribution in [3.8, 4) is 5.75 Å². The molecular formula is C10H13F2NO2. The van der Waals surface area contributed by atoms with Crippen LogP contribution in [0.2, 0.25) is 0 Å². The molecular weight excluding hydrogens is 204 g/mol. The highest BCUT2D eigenvalue weighted by Crippen LogP contribution is 2.23. The maximum absolute atomic E-state index is 13.3. The van der Waals surface area contributed by atoms with Crippen LogP contribution in [0.5, 0.6) is 5.75 Å². The van der Waals surface area contributed by atoms with Crippen molar-refractivity contribution in [3.05, 3.63) is 29.3 Å². The van der Waals surface area contributed by atoms with Crippen LogP contribution < -0.4 is 10.5 Å². The lowest BCUT2D eigenvalue weighted by Gasteiger charge is -2.08. The molecule has 0 unspecified atom stereocenters. The zero-order valence-electron chi connectivity index (χ0n) is 8.43. The van der Waals surface area contributed by atoms with Crippen LogP contribution in [0.3, 0.4) is 0 Å². The molecule has 1 rings (SSSR count). The molecule has 2 N–H and O–H groups in total. The second-order valence-electron chi connectivity index (χ2n) is 2.98. The van der Waals surface area contributed by atoms with Gasteiger partial charge >= 0.3 is 0 Å². The van der Waals surface area contributed by atoms with Gasteiger partial charge in [-0.2, -0.15) is 0 Å². The molecule has 0 atom stereocenters. The third-order valence-electron chi connectivity index (χ3n) is 1.81. The molecule has 1 aromatic rings. The maximum Gasteiger partial charge on any atom is 0.193 e. The maximum atomic E-state index is 13.3. The summed E-state index contributed by atoms with van der Waals surface area (Å²) in [5.41, 5.74) is 5.79. The molecule has 0 heterocycles. The minimum Gasteiger partial charge on any atom is -0.461 e. The predicted octanol–water partition coefficient (Wildman–Crippen LogP) is 1.45. The lowest BCUT2D eigenvalue weighted by Crippen LogP contribution is -2.06. The van der Waals surface area contributed by atoms with Gasteiger partial charge in [0.15, 0.2) is 24.2 Å². The van der Waals surface area contributed by atoms with Gasteiger partial charge in [-0.15, -0.1) is 0 Å². The van der Waals surface area contributed by atoms with Crippen LogP contribution in [-0.4, -0.2) is 20.4 Å². The van der Waals surface area contributed by atoms with Gasteiger partial charge in [0.05, 0.1) is 0 Å². The van der Waals surface area contributed by atoms with Gasteiger partial charge in [-0.1, -0.05) is 0 Å². The summed E-state index contributed by atoms with van der Waals surface area (Å²) >= 11 is 0. The highest BCUT2D eigenvalue weighted by atomic mass is 19.1. The molecule has 0 bridgehead atoms. The molecule has 3 nitrogen and oxygen atoms in total. The summed E-state index contributed by atoms with van der Waals surface area (Å²) in [6, 6.07) is 2.42. The van der Waals surface area contributed by atoms with Gasteiger partial charge in [0.2, 0.25) is 0 Å². The predicted molar refractivity (Wildman–Crippen MR) is 51.6 cm³/mol. The normalized spacial score (nSPS) is 10.4. The first-order chi connectivity index (χ1) is 7.19. The van der Waals surface area contributed by atoms with Crippen LogP contribution in [-0.2, 0) is 11.2 Å². The van der Waals surface area contributed by atoms with E-state index < -0.39 is 17.4 Å². The number of rotatable bonds is 5. The zero-order valence-corrected chi connectivity index (χ0v) is 8.43. The quantitative estimate of drug-likeness (QED) is 0.759. The van der Waals surface area contributed by atoms with Gasteiger partial charge in [0.1, 0.15) is 0 Å². The molecule has 0 fully saturated rings. The summed E-state index contributed by atoms with van der Waals surface area (Å²) < 4.78 is 35.9. The number of hydrogen-bond acceptors (Lipinski definition) is 3. The summed E-state index contributed by atoms with van der Waals surface area (Å²) in [6.45, 7) is 0.154. The Morgan fingerprint density at radius 3 is 2.33 bits per heavy atom. The molecule has 15 heavy (non-hydrogen) atoms. The van der Waals surface area contributed by atoms with Crippen molar-refractivity contribution in [2.75, 3.05) is 20.4 Å². The molecule has 0 aliphatic rings. The van der Waals surface area contributed by atoms with Crippen molar-refractivity contribution < 1.29 is 18.3 Å².